The number of carbonyl (C=O) groups excluding carboxylic acids is 1. The van der Waals surface area contributed by atoms with Crippen LogP contribution in [0.3, 0.4) is 0 Å². The molecule has 1 unspecified atom stereocenters. The van der Waals surface area contributed by atoms with E-state index in [1.165, 1.54) is 0 Å². The first kappa shape index (κ1) is 15.9. The molecular formula is C13H21BrN4O. The van der Waals surface area contributed by atoms with Crippen molar-refractivity contribution in [2.24, 2.45) is 0 Å². The minimum Gasteiger partial charge on any atom is -0.370 e. The summed E-state index contributed by atoms with van der Waals surface area (Å²) in [6.07, 6.45) is 1.68. The van der Waals surface area contributed by atoms with Gasteiger partial charge in [0, 0.05) is 29.8 Å². The highest BCUT2D eigenvalue weighted by molar-refractivity contribution is 9.10. The highest BCUT2D eigenvalue weighted by Crippen LogP contribution is 2.18. The Morgan fingerprint density at radius 3 is 2.79 bits per heavy atom. The molecule has 0 aliphatic rings. The number of anilines is 1. The number of hydrogen-bond acceptors (Lipinski definition) is 4. The Labute approximate surface area is 122 Å². The topological polar surface area (TPSA) is 57.3 Å². The summed E-state index contributed by atoms with van der Waals surface area (Å²) in [6, 6.07) is 1.86. The molecule has 0 saturated heterocycles. The summed E-state index contributed by atoms with van der Waals surface area (Å²) in [5.41, 5.74) is 0.557. The fraction of sp³-hybridized carbons (Fsp3) is 0.538. The predicted molar refractivity (Wildman–Crippen MR) is 81.6 cm³/mol. The minimum absolute atomic E-state index is 0.0796. The lowest BCUT2D eigenvalue weighted by molar-refractivity contribution is 0.0935. The van der Waals surface area contributed by atoms with E-state index in [-0.39, 0.29) is 11.9 Å². The summed E-state index contributed by atoms with van der Waals surface area (Å²) in [5, 5.41) is 6.07. The van der Waals surface area contributed by atoms with E-state index >= 15 is 0 Å². The first-order valence-corrected chi connectivity index (χ1v) is 7.08. The van der Waals surface area contributed by atoms with E-state index in [1.807, 2.05) is 32.8 Å². The quantitative estimate of drug-likeness (QED) is 0.838. The number of nitrogens with zero attached hydrogens (tertiary/aromatic N) is 2. The molecular weight excluding hydrogens is 308 g/mol. The summed E-state index contributed by atoms with van der Waals surface area (Å²) in [7, 11) is 3.96. The first-order chi connectivity index (χ1) is 8.93. The zero-order valence-corrected chi connectivity index (χ0v) is 13.4. The van der Waals surface area contributed by atoms with Crippen LogP contribution in [0.5, 0.6) is 0 Å². The fourth-order valence-corrected chi connectivity index (χ4v) is 2.15. The average molecular weight is 329 g/mol. The molecule has 1 aromatic heterocycles. The van der Waals surface area contributed by atoms with Crippen molar-refractivity contribution in [3.05, 3.63) is 22.3 Å². The van der Waals surface area contributed by atoms with Crippen LogP contribution in [-0.4, -0.2) is 49.0 Å². The van der Waals surface area contributed by atoms with Crippen LogP contribution in [0.15, 0.2) is 16.7 Å². The second-order valence-electron chi connectivity index (χ2n) is 4.72. The van der Waals surface area contributed by atoms with E-state index in [9.17, 15) is 4.79 Å². The number of halogens is 1. The van der Waals surface area contributed by atoms with Crippen molar-refractivity contribution in [2.75, 3.05) is 32.5 Å². The van der Waals surface area contributed by atoms with Crippen molar-refractivity contribution in [1.82, 2.24) is 15.2 Å². The lowest BCUT2D eigenvalue weighted by Gasteiger charge is -2.19. The van der Waals surface area contributed by atoms with E-state index in [2.05, 4.69) is 31.5 Å². The van der Waals surface area contributed by atoms with Gasteiger partial charge in [0.2, 0.25) is 0 Å². The Bertz CT molecular complexity index is 437. The van der Waals surface area contributed by atoms with E-state index in [0.717, 1.165) is 17.6 Å². The molecule has 0 aromatic carbocycles. The number of amides is 1. The monoisotopic (exact) mass is 328 g/mol. The standard InChI is InChI=1S/C13H21BrN4O/c1-5-15-12-11(6-10(14)7-16-12)13(19)17-9(2)8-18(3)4/h6-7,9H,5,8H2,1-4H3,(H,15,16)(H,17,19). The van der Waals surface area contributed by atoms with Crippen LogP contribution in [0, 0.1) is 0 Å². The van der Waals surface area contributed by atoms with Crippen molar-refractivity contribution in [3.63, 3.8) is 0 Å². The largest absolute Gasteiger partial charge is 0.370 e. The smallest absolute Gasteiger partial charge is 0.255 e. The van der Waals surface area contributed by atoms with Gasteiger partial charge in [0.15, 0.2) is 0 Å². The summed E-state index contributed by atoms with van der Waals surface area (Å²) in [4.78, 5) is 18.5. The zero-order valence-electron chi connectivity index (χ0n) is 11.8. The Balaban J connectivity index is 2.83. The van der Waals surface area contributed by atoms with Gasteiger partial charge in [0.25, 0.3) is 5.91 Å². The minimum atomic E-state index is -0.112. The number of hydrogen-bond donors (Lipinski definition) is 2. The molecule has 0 bridgehead atoms. The van der Waals surface area contributed by atoms with Crippen LogP contribution in [0.25, 0.3) is 0 Å². The van der Waals surface area contributed by atoms with Gasteiger partial charge >= 0.3 is 0 Å². The molecule has 0 fully saturated rings. The number of likely N-dealkylation sites (N-methyl/N-ethyl adjacent to an activating group) is 1. The molecule has 5 nitrogen and oxygen atoms in total. The number of carbonyl (C=O) groups is 1. The molecule has 0 aliphatic carbocycles. The van der Waals surface area contributed by atoms with Gasteiger partial charge in [-0.1, -0.05) is 0 Å². The van der Waals surface area contributed by atoms with Gasteiger partial charge in [-0.25, -0.2) is 4.98 Å². The van der Waals surface area contributed by atoms with Crippen molar-refractivity contribution in [1.29, 1.82) is 0 Å². The first-order valence-electron chi connectivity index (χ1n) is 6.29. The van der Waals surface area contributed by atoms with Crippen molar-refractivity contribution in [3.8, 4) is 0 Å². The Kier molecular flexibility index (Phi) is 6.24. The van der Waals surface area contributed by atoms with Crippen LogP contribution in [0.1, 0.15) is 24.2 Å². The molecule has 1 atom stereocenters. The lowest BCUT2D eigenvalue weighted by atomic mass is 10.2. The molecule has 1 amide bonds. The van der Waals surface area contributed by atoms with Gasteiger partial charge in [0.05, 0.1) is 5.56 Å². The van der Waals surface area contributed by atoms with Gasteiger partial charge < -0.3 is 15.5 Å². The molecule has 1 aromatic rings. The third-order valence-corrected chi connectivity index (χ3v) is 2.89. The molecule has 2 N–H and O–H groups in total. The van der Waals surface area contributed by atoms with E-state index < -0.39 is 0 Å². The van der Waals surface area contributed by atoms with Crippen molar-refractivity contribution >= 4 is 27.7 Å². The molecule has 0 saturated carbocycles. The maximum absolute atomic E-state index is 12.3. The molecule has 1 rings (SSSR count). The normalized spacial score (nSPS) is 12.3. The van der Waals surface area contributed by atoms with Crippen LogP contribution in [0.2, 0.25) is 0 Å². The SMILES string of the molecule is CCNc1ncc(Br)cc1C(=O)NC(C)CN(C)C. The molecule has 0 radical (unpaired) electrons. The number of rotatable bonds is 6. The Hall–Kier alpha value is -1.14. The molecule has 106 valence electrons. The van der Waals surface area contributed by atoms with E-state index in [0.29, 0.717) is 11.4 Å². The molecule has 0 aliphatic heterocycles. The second-order valence-corrected chi connectivity index (χ2v) is 5.63. The van der Waals surface area contributed by atoms with Crippen LogP contribution in [0.4, 0.5) is 5.82 Å². The second kappa shape index (κ2) is 7.45. The van der Waals surface area contributed by atoms with Crippen LogP contribution >= 0.6 is 15.9 Å². The van der Waals surface area contributed by atoms with Gasteiger partial charge in [-0.15, -0.1) is 0 Å². The van der Waals surface area contributed by atoms with Crippen molar-refractivity contribution in [2.45, 2.75) is 19.9 Å². The summed E-state index contributed by atoms with van der Waals surface area (Å²) in [6.45, 7) is 5.47. The Morgan fingerprint density at radius 1 is 1.53 bits per heavy atom. The lowest BCUT2D eigenvalue weighted by Crippen LogP contribution is -2.39. The van der Waals surface area contributed by atoms with Gasteiger partial charge in [-0.05, 0) is 49.9 Å². The summed E-state index contributed by atoms with van der Waals surface area (Å²) >= 11 is 3.34. The highest BCUT2D eigenvalue weighted by Gasteiger charge is 2.15. The molecule has 6 heteroatoms. The molecule has 1 heterocycles. The van der Waals surface area contributed by atoms with Crippen molar-refractivity contribution < 1.29 is 4.79 Å². The van der Waals surface area contributed by atoms with Crippen LogP contribution in [-0.2, 0) is 0 Å². The van der Waals surface area contributed by atoms with Crippen LogP contribution < -0.4 is 10.6 Å². The Morgan fingerprint density at radius 2 is 2.21 bits per heavy atom. The zero-order chi connectivity index (χ0) is 14.4. The maximum atomic E-state index is 12.3. The average Bonchev–Trinajstić information content (AvgIpc) is 2.30. The predicted octanol–water partition coefficient (Wildman–Crippen LogP) is 1.96. The van der Waals surface area contributed by atoms with E-state index in [4.69, 9.17) is 0 Å². The number of nitrogens with one attached hydrogen (secondary N) is 2. The maximum Gasteiger partial charge on any atom is 0.255 e. The van der Waals surface area contributed by atoms with E-state index in [1.54, 1.807) is 12.3 Å². The molecule has 19 heavy (non-hydrogen) atoms. The highest BCUT2D eigenvalue weighted by atomic mass is 79.9. The fourth-order valence-electron chi connectivity index (χ4n) is 1.82. The number of aromatic nitrogens is 1. The summed E-state index contributed by atoms with van der Waals surface area (Å²) in [5.74, 6) is 0.499. The van der Waals surface area contributed by atoms with Gasteiger partial charge in [-0.2, -0.15) is 0 Å². The summed E-state index contributed by atoms with van der Waals surface area (Å²) < 4.78 is 0.791. The third kappa shape index (κ3) is 5.16. The third-order valence-electron chi connectivity index (χ3n) is 2.46. The molecule has 0 spiro atoms. The van der Waals surface area contributed by atoms with Gasteiger partial charge in [-0.3, -0.25) is 4.79 Å². The number of pyridine rings is 1. The van der Waals surface area contributed by atoms with Gasteiger partial charge in [0.1, 0.15) is 5.82 Å².